The highest BCUT2D eigenvalue weighted by Gasteiger charge is 2.00. The Balaban J connectivity index is 1.95. The first-order chi connectivity index (χ1) is 9.22. The van der Waals surface area contributed by atoms with Crippen LogP contribution in [0.1, 0.15) is 5.56 Å². The minimum atomic E-state index is 0.139. The van der Waals surface area contributed by atoms with Gasteiger partial charge in [-0.05, 0) is 24.3 Å². The lowest BCUT2D eigenvalue weighted by molar-refractivity contribution is 0.474. The van der Waals surface area contributed by atoms with Gasteiger partial charge in [0.15, 0.2) is 0 Å². The third-order valence-electron chi connectivity index (χ3n) is 2.70. The van der Waals surface area contributed by atoms with Gasteiger partial charge in [-0.1, -0.05) is 17.6 Å². The maximum absolute atomic E-state index is 9.68. The highest BCUT2D eigenvalue weighted by Crippen LogP contribution is 2.19. The van der Waals surface area contributed by atoms with Crippen molar-refractivity contribution in [2.24, 2.45) is 4.99 Å². The van der Waals surface area contributed by atoms with E-state index in [2.05, 4.69) is 20.4 Å². The first kappa shape index (κ1) is 11.5. The normalized spacial score (nSPS) is 11.4. The van der Waals surface area contributed by atoms with Gasteiger partial charge in [-0.3, -0.25) is 4.99 Å². The third kappa shape index (κ3) is 2.33. The molecule has 19 heavy (non-hydrogen) atoms. The Morgan fingerprint density at radius 2 is 1.95 bits per heavy atom. The van der Waals surface area contributed by atoms with Crippen molar-refractivity contribution in [1.82, 2.24) is 15.4 Å². The molecule has 3 rings (SSSR count). The molecule has 0 saturated heterocycles. The zero-order valence-electron chi connectivity index (χ0n) is 9.91. The fourth-order valence-electron chi connectivity index (χ4n) is 1.73. The van der Waals surface area contributed by atoms with Crippen LogP contribution in [-0.2, 0) is 0 Å². The first-order valence-corrected chi connectivity index (χ1v) is 5.65. The minimum Gasteiger partial charge on any atom is -0.507 e. The van der Waals surface area contributed by atoms with E-state index in [-0.39, 0.29) is 5.75 Å². The molecule has 6 heteroatoms. The fraction of sp³-hybridized carbons (Fsp3) is 0. The number of nitrogens with one attached hydrogen (secondary N) is 1. The van der Waals surface area contributed by atoms with E-state index in [1.807, 2.05) is 12.1 Å². The number of benzene rings is 2. The number of aromatic amines is 1. The summed E-state index contributed by atoms with van der Waals surface area (Å²) in [7, 11) is 5.66. The molecule has 0 aliphatic carbocycles. The predicted molar refractivity (Wildman–Crippen MR) is 74.6 cm³/mol. The van der Waals surface area contributed by atoms with E-state index >= 15 is 0 Å². The number of rotatable bonds is 2. The van der Waals surface area contributed by atoms with Gasteiger partial charge < -0.3 is 5.11 Å². The maximum Gasteiger partial charge on any atom is 0.124 e. The zero-order valence-corrected chi connectivity index (χ0v) is 9.91. The lowest BCUT2D eigenvalue weighted by Gasteiger charge is -2.00. The molecule has 90 valence electrons. The highest BCUT2D eigenvalue weighted by atomic mass is 16.3. The molecule has 0 unspecified atom stereocenters. The summed E-state index contributed by atoms with van der Waals surface area (Å²) < 4.78 is 0. The standard InChI is InChI=1S/C13H9BN4O/c14-9-1-4-13(19)8(5-9)7-15-10-2-3-11-12(6-10)17-18-16-11/h1-7,19H,(H,16,17,18). The monoisotopic (exact) mass is 248 g/mol. The molecular formula is C13H9BN4O. The Kier molecular flexibility index (Phi) is 2.76. The third-order valence-corrected chi connectivity index (χ3v) is 2.70. The van der Waals surface area contributed by atoms with E-state index in [4.69, 9.17) is 7.85 Å². The highest BCUT2D eigenvalue weighted by molar-refractivity contribution is 6.32. The van der Waals surface area contributed by atoms with Crippen molar-refractivity contribution in [2.45, 2.75) is 0 Å². The molecule has 1 heterocycles. The van der Waals surface area contributed by atoms with Crippen LogP contribution in [0.4, 0.5) is 5.69 Å². The molecule has 0 bridgehead atoms. The quantitative estimate of drug-likeness (QED) is 0.528. The second-order valence-electron chi connectivity index (χ2n) is 4.07. The van der Waals surface area contributed by atoms with Crippen molar-refractivity contribution in [3.63, 3.8) is 0 Å². The van der Waals surface area contributed by atoms with E-state index < -0.39 is 0 Å². The topological polar surface area (TPSA) is 74.2 Å². The van der Waals surface area contributed by atoms with Crippen molar-refractivity contribution < 1.29 is 5.11 Å². The largest absolute Gasteiger partial charge is 0.507 e. The van der Waals surface area contributed by atoms with Crippen molar-refractivity contribution in [3.05, 3.63) is 42.0 Å². The molecule has 0 spiro atoms. The van der Waals surface area contributed by atoms with Crippen LogP contribution in [-0.4, -0.2) is 34.6 Å². The number of phenolic OH excluding ortho intramolecular Hbond substituents is 1. The van der Waals surface area contributed by atoms with E-state index in [9.17, 15) is 5.11 Å². The van der Waals surface area contributed by atoms with Gasteiger partial charge in [-0.25, -0.2) is 0 Å². The van der Waals surface area contributed by atoms with Crippen LogP contribution < -0.4 is 5.46 Å². The number of aromatic hydroxyl groups is 1. The van der Waals surface area contributed by atoms with Gasteiger partial charge in [-0.2, -0.15) is 15.4 Å². The van der Waals surface area contributed by atoms with Crippen LogP contribution in [0.3, 0.4) is 0 Å². The predicted octanol–water partition coefficient (Wildman–Crippen LogP) is 1.21. The molecule has 0 aliphatic heterocycles. The Bertz CT molecular complexity index is 766. The van der Waals surface area contributed by atoms with Crippen LogP contribution in [0.15, 0.2) is 41.4 Å². The van der Waals surface area contributed by atoms with E-state index in [0.29, 0.717) is 11.0 Å². The number of aliphatic imine (C=N–C) groups is 1. The van der Waals surface area contributed by atoms with Gasteiger partial charge in [0.25, 0.3) is 0 Å². The van der Waals surface area contributed by atoms with Gasteiger partial charge in [0, 0.05) is 11.8 Å². The molecule has 0 atom stereocenters. The molecule has 0 fully saturated rings. The van der Waals surface area contributed by atoms with Gasteiger partial charge in [0.1, 0.15) is 24.6 Å². The number of hydrogen-bond acceptors (Lipinski definition) is 4. The van der Waals surface area contributed by atoms with E-state index in [1.165, 1.54) is 6.07 Å². The van der Waals surface area contributed by atoms with Crippen molar-refractivity contribution in [3.8, 4) is 5.75 Å². The molecule has 2 N–H and O–H groups in total. The number of H-pyrrole nitrogens is 1. The van der Waals surface area contributed by atoms with Gasteiger partial charge in [-0.15, -0.1) is 0 Å². The smallest absolute Gasteiger partial charge is 0.124 e. The summed E-state index contributed by atoms with van der Waals surface area (Å²) in [5.41, 5.74) is 3.40. The van der Waals surface area contributed by atoms with Gasteiger partial charge in [0.2, 0.25) is 0 Å². The lowest BCUT2D eigenvalue weighted by Crippen LogP contribution is -2.02. The second kappa shape index (κ2) is 4.57. The zero-order chi connectivity index (χ0) is 13.2. The summed E-state index contributed by atoms with van der Waals surface area (Å²) in [6, 6.07) is 10.3. The van der Waals surface area contributed by atoms with E-state index in [1.54, 1.807) is 24.4 Å². The van der Waals surface area contributed by atoms with Crippen LogP contribution in [0.2, 0.25) is 0 Å². The number of nitrogens with zero attached hydrogens (tertiary/aromatic N) is 3. The summed E-state index contributed by atoms with van der Waals surface area (Å²) in [5.74, 6) is 0.139. The Morgan fingerprint density at radius 1 is 1.11 bits per heavy atom. The molecule has 0 aliphatic rings. The number of fused-ring (bicyclic) bond motifs is 1. The number of aromatic nitrogens is 3. The number of hydrogen-bond donors (Lipinski definition) is 2. The molecule has 0 amide bonds. The van der Waals surface area contributed by atoms with Gasteiger partial charge >= 0.3 is 0 Å². The average molecular weight is 248 g/mol. The van der Waals surface area contributed by atoms with E-state index in [0.717, 1.165) is 16.7 Å². The summed E-state index contributed by atoms with van der Waals surface area (Å²) in [6.45, 7) is 0. The summed E-state index contributed by atoms with van der Waals surface area (Å²) in [4.78, 5) is 4.29. The Morgan fingerprint density at radius 3 is 2.84 bits per heavy atom. The fourth-order valence-corrected chi connectivity index (χ4v) is 1.73. The van der Waals surface area contributed by atoms with Crippen LogP contribution in [0.5, 0.6) is 5.75 Å². The SMILES string of the molecule is [B]c1ccc(O)c(C=Nc2ccc3n[nH]nc3c2)c1. The molecule has 5 nitrogen and oxygen atoms in total. The first-order valence-electron chi connectivity index (χ1n) is 5.65. The summed E-state index contributed by atoms with van der Waals surface area (Å²) >= 11 is 0. The average Bonchev–Trinajstić information content (AvgIpc) is 2.87. The van der Waals surface area contributed by atoms with Crippen molar-refractivity contribution >= 4 is 36.2 Å². The summed E-state index contributed by atoms with van der Waals surface area (Å²) in [6.07, 6.45) is 1.56. The molecular weight excluding hydrogens is 239 g/mol. The molecule has 3 aromatic rings. The minimum absolute atomic E-state index is 0.139. The Hall–Kier alpha value is -2.63. The molecule has 0 saturated carbocycles. The van der Waals surface area contributed by atoms with Crippen LogP contribution in [0.25, 0.3) is 11.0 Å². The van der Waals surface area contributed by atoms with Crippen molar-refractivity contribution in [2.75, 3.05) is 0 Å². The Labute approximate surface area is 110 Å². The molecule has 2 aromatic carbocycles. The van der Waals surface area contributed by atoms with Crippen molar-refractivity contribution in [1.29, 1.82) is 0 Å². The molecule has 1 aromatic heterocycles. The van der Waals surface area contributed by atoms with Crippen LogP contribution >= 0.6 is 0 Å². The number of phenols is 1. The second-order valence-corrected chi connectivity index (χ2v) is 4.07. The lowest BCUT2D eigenvalue weighted by atomic mass is 9.94. The molecule has 2 radical (unpaired) electrons. The summed E-state index contributed by atoms with van der Waals surface area (Å²) in [5, 5.41) is 20.2. The maximum atomic E-state index is 9.68. The van der Waals surface area contributed by atoms with Gasteiger partial charge in [0.05, 0.1) is 5.69 Å². The van der Waals surface area contributed by atoms with Crippen LogP contribution in [0, 0.1) is 0 Å².